The summed E-state index contributed by atoms with van der Waals surface area (Å²) in [4.78, 5) is 8.22. The fraction of sp³-hybridized carbons (Fsp3) is 0.154. The average Bonchev–Trinajstić information content (AvgIpc) is 2.90. The lowest BCUT2D eigenvalue weighted by molar-refractivity contribution is 0.412. The number of methoxy groups -OCH3 is 1. The maximum Gasteiger partial charge on any atom is 0.137 e. The third-order valence-corrected chi connectivity index (χ3v) is 3.02. The number of ether oxygens (including phenoxy) is 1. The Hall–Kier alpha value is -2.47. The summed E-state index contributed by atoms with van der Waals surface area (Å²) in [7, 11) is 1.60. The van der Waals surface area contributed by atoms with Crippen molar-refractivity contribution in [3.05, 3.63) is 54.4 Å². The molecule has 6 nitrogen and oxygen atoms in total. The van der Waals surface area contributed by atoms with E-state index in [1.54, 1.807) is 48.8 Å². The lowest BCUT2D eigenvalue weighted by Gasteiger charge is -2.11. The molecule has 0 amide bonds. The second kappa shape index (κ2) is 4.66. The molecule has 3 heterocycles. The van der Waals surface area contributed by atoms with Gasteiger partial charge in [0.25, 0.3) is 0 Å². The SMILES string of the molecule is COc1cncc(C(N)c2cnn3ccncc23)c1. The largest absolute Gasteiger partial charge is 0.495 e. The van der Waals surface area contributed by atoms with Crippen LogP contribution in [0.4, 0.5) is 0 Å². The highest BCUT2D eigenvalue weighted by Crippen LogP contribution is 2.24. The van der Waals surface area contributed by atoms with Gasteiger partial charge in [0.1, 0.15) is 5.75 Å². The van der Waals surface area contributed by atoms with E-state index < -0.39 is 0 Å². The smallest absolute Gasteiger partial charge is 0.137 e. The molecule has 0 aliphatic heterocycles. The van der Waals surface area contributed by atoms with E-state index >= 15 is 0 Å². The summed E-state index contributed by atoms with van der Waals surface area (Å²) < 4.78 is 6.90. The van der Waals surface area contributed by atoms with Crippen LogP contribution in [0.15, 0.2) is 43.2 Å². The molecule has 0 fully saturated rings. The highest BCUT2D eigenvalue weighted by Gasteiger charge is 2.15. The van der Waals surface area contributed by atoms with Gasteiger partial charge in [-0.1, -0.05) is 0 Å². The molecule has 0 aromatic carbocycles. The Morgan fingerprint density at radius 1 is 1.21 bits per heavy atom. The van der Waals surface area contributed by atoms with Crippen molar-refractivity contribution in [1.82, 2.24) is 19.6 Å². The molecule has 0 aliphatic carbocycles. The maximum absolute atomic E-state index is 6.27. The summed E-state index contributed by atoms with van der Waals surface area (Å²) in [5.41, 5.74) is 8.94. The van der Waals surface area contributed by atoms with Crippen molar-refractivity contribution in [3.63, 3.8) is 0 Å². The molecule has 3 aromatic heterocycles. The van der Waals surface area contributed by atoms with Gasteiger partial charge >= 0.3 is 0 Å². The number of aromatic nitrogens is 4. The maximum atomic E-state index is 6.27. The van der Waals surface area contributed by atoms with Gasteiger partial charge in [0.2, 0.25) is 0 Å². The molecular weight excluding hydrogens is 242 g/mol. The molecule has 0 bridgehead atoms. The fourth-order valence-electron chi connectivity index (χ4n) is 1.99. The molecule has 0 spiro atoms. The van der Waals surface area contributed by atoms with Crippen molar-refractivity contribution < 1.29 is 4.74 Å². The number of pyridine rings is 1. The molecule has 3 aromatic rings. The van der Waals surface area contributed by atoms with E-state index in [0.29, 0.717) is 5.75 Å². The van der Waals surface area contributed by atoms with Crippen LogP contribution in [0, 0.1) is 0 Å². The predicted octanol–water partition coefficient (Wildman–Crippen LogP) is 1.18. The molecular formula is C13H13N5O. The van der Waals surface area contributed by atoms with E-state index in [1.165, 1.54) is 0 Å². The standard InChI is InChI=1S/C13H13N5O/c1-19-10-4-9(5-16-6-10)13(14)11-7-17-18-3-2-15-8-12(11)18/h2-8,13H,14H2,1H3. The van der Waals surface area contributed by atoms with Gasteiger partial charge in [0.15, 0.2) is 0 Å². The number of nitrogens with zero attached hydrogens (tertiary/aromatic N) is 4. The monoisotopic (exact) mass is 255 g/mol. The molecule has 6 heteroatoms. The van der Waals surface area contributed by atoms with Crippen molar-refractivity contribution in [2.45, 2.75) is 6.04 Å². The van der Waals surface area contributed by atoms with Crippen molar-refractivity contribution in [2.24, 2.45) is 5.73 Å². The van der Waals surface area contributed by atoms with Crippen molar-refractivity contribution in [1.29, 1.82) is 0 Å². The summed E-state index contributed by atoms with van der Waals surface area (Å²) in [6.45, 7) is 0. The third-order valence-electron chi connectivity index (χ3n) is 3.02. The highest BCUT2D eigenvalue weighted by molar-refractivity contribution is 5.55. The second-order valence-corrected chi connectivity index (χ2v) is 4.14. The highest BCUT2D eigenvalue weighted by atomic mass is 16.5. The zero-order chi connectivity index (χ0) is 13.2. The van der Waals surface area contributed by atoms with Crippen molar-refractivity contribution in [3.8, 4) is 5.75 Å². The summed E-state index contributed by atoms with van der Waals surface area (Å²) in [6.07, 6.45) is 10.3. The first-order valence-electron chi connectivity index (χ1n) is 5.81. The number of hydrogen-bond donors (Lipinski definition) is 1. The molecule has 1 unspecified atom stereocenters. The number of rotatable bonds is 3. The number of fused-ring (bicyclic) bond motifs is 1. The van der Waals surface area contributed by atoms with Gasteiger partial charge in [-0.25, -0.2) is 4.52 Å². The zero-order valence-corrected chi connectivity index (χ0v) is 10.4. The van der Waals surface area contributed by atoms with E-state index in [9.17, 15) is 0 Å². The van der Waals surface area contributed by atoms with E-state index in [4.69, 9.17) is 10.5 Å². The summed E-state index contributed by atoms with van der Waals surface area (Å²) >= 11 is 0. The van der Waals surface area contributed by atoms with Crippen LogP contribution in [0.25, 0.3) is 5.52 Å². The minimum atomic E-state index is -0.315. The van der Waals surface area contributed by atoms with Crippen molar-refractivity contribution >= 4 is 5.52 Å². The summed E-state index contributed by atoms with van der Waals surface area (Å²) in [5, 5.41) is 4.25. The quantitative estimate of drug-likeness (QED) is 0.760. The van der Waals surface area contributed by atoms with E-state index in [2.05, 4.69) is 15.1 Å². The molecule has 3 rings (SSSR count). The van der Waals surface area contributed by atoms with Crippen LogP contribution in [0.2, 0.25) is 0 Å². The molecule has 0 aliphatic rings. The number of nitrogens with two attached hydrogens (primary N) is 1. The van der Waals surface area contributed by atoms with E-state index in [-0.39, 0.29) is 6.04 Å². The first kappa shape index (κ1) is 11.6. The molecule has 2 N–H and O–H groups in total. The molecule has 19 heavy (non-hydrogen) atoms. The Morgan fingerprint density at radius 2 is 2.11 bits per heavy atom. The minimum absolute atomic E-state index is 0.315. The lowest BCUT2D eigenvalue weighted by Crippen LogP contribution is -2.12. The molecule has 0 saturated heterocycles. The van der Waals surface area contributed by atoms with Gasteiger partial charge in [-0.2, -0.15) is 5.10 Å². The first-order valence-corrected chi connectivity index (χ1v) is 5.81. The van der Waals surface area contributed by atoms with Crippen molar-refractivity contribution in [2.75, 3.05) is 7.11 Å². The van der Waals surface area contributed by atoms with Gasteiger partial charge in [0.05, 0.1) is 37.3 Å². The fourth-order valence-corrected chi connectivity index (χ4v) is 1.99. The second-order valence-electron chi connectivity index (χ2n) is 4.14. The Kier molecular flexibility index (Phi) is 2.85. The van der Waals surface area contributed by atoms with Crippen LogP contribution in [0.1, 0.15) is 17.2 Å². The van der Waals surface area contributed by atoms with Gasteiger partial charge < -0.3 is 10.5 Å². The molecule has 96 valence electrons. The molecule has 0 saturated carbocycles. The van der Waals surface area contributed by atoms with Crippen LogP contribution in [-0.2, 0) is 0 Å². The van der Waals surface area contributed by atoms with Crippen LogP contribution < -0.4 is 10.5 Å². The van der Waals surface area contributed by atoms with Gasteiger partial charge in [-0.05, 0) is 11.6 Å². The predicted molar refractivity (Wildman–Crippen MR) is 69.8 cm³/mol. The Bertz CT molecular complexity index is 709. The summed E-state index contributed by atoms with van der Waals surface area (Å²) in [6, 6.07) is 1.56. The minimum Gasteiger partial charge on any atom is -0.495 e. The normalized spacial score (nSPS) is 12.5. The average molecular weight is 255 g/mol. The van der Waals surface area contributed by atoms with Crippen LogP contribution in [-0.4, -0.2) is 26.7 Å². The van der Waals surface area contributed by atoms with E-state index in [0.717, 1.165) is 16.6 Å². The lowest BCUT2D eigenvalue weighted by atomic mass is 10.0. The molecule has 0 radical (unpaired) electrons. The summed E-state index contributed by atoms with van der Waals surface area (Å²) in [5.74, 6) is 0.683. The first-order chi connectivity index (χ1) is 9.29. The van der Waals surface area contributed by atoms with E-state index in [1.807, 2.05) is 6.07 Å². The topological polar surface area (TPSA) is 78.3 Å². The van der Waals surface area contributed by atoms with Gasteiger partial charge in [-0.15, -0.1) is 0 Å². The Balaban J connectivity index is 2.05. The Labute approximate surface area is 109 Å². The van der Waals surface area contributed by atoms with Crippen LogP contribution in [0.5, 0.6) is 5.75 Å². The van der Waals surface area contributed by atoms with Crippen LogP contribution in [0.3, 0.4) is 0 Å². The number of hydrogen-bond acceptors (Lipinski definition) is 5. The Morgan fingerprint density at radius 3 is 2.95 bits per heavy atom. The molecule has 1 atom stereocenters. The van der Waals surface area contributed by atoms with Crippen LogP contribution >= 0.6 is 0 Å². The van der Waals surface area contributed by atoms with Gasteiger partial charge in [-0.3, -0.25) is 9.97 Å². The van der Waals surface area contributed by atoms with Gasteiger partial charge in [0, 0.05) is 24.2 Å². The third kappa shape index (κ3) is 2.02. The zero-order valence-electron chi connectivity index (χ0n) is 10.4.